The van der Waals surface area contributed by atoms with Gasteiger partial charge in [0.05, 0.1) is 6.42 Å². The number of aliphatic carboxylic acids is 1. The maximum absolute atomic E-state index is 10.3. The predicted molar refractivity (Wildman–Crippen MR) is 48.6 cm³/mol. The molecule has 0 spiro atoms. The highest BCUT2D eigenvalue weighted by Gasteiger charge is 2.28. The number of aliphatic hydroxyl groups excluding tert-OH is 1. The van der Waals surface area contributed by atoms with Crippen LogP contribution in [-0.2, 0) is 4.79 Å². The van der Waals surface area contributed by atoms with E-state index in [-0.39, 0.29) is 13.0 Å². The third kappa shape index (κ3) is 4.24. The monoisotopic (exact) mass is 187 g/mol. The van der Waals surface area contributed by atoms with Gasteiger partial charge in [-0.05, 0) is 19.3 Å². The Balaban J connectivity index is 2.17. The zero-order valence-electron chi connectivity index (χ0n) is 7.78. The number of aliphatic hydroxyl groups is 1. The second kappa shape index (κ2) is 5.19. The average molecular weight is 187 g/mol. The first-order valence-corrected chi connectivity index (χ1v) is 4.80. The quantitative estimate of drug-likeness (QED) is 0.602. The summed E-state index contributed by atoms with van der Waals surface area (Å²) < 4.78 is 0. The van der Waals surface area contributed by atoms with E-state index in [9.17, 15) is 4.79 Å². The topological polar surface area (TPSA) is 60.8 Å². The molecule has 0 aliphatic heterocycles. The number of rotatable bonds is 7. The molecule has 0 radical (unpaired) electrons. The van der Waals surface area contributed by atoms with Crippen molar-refractivity contribution in [2.75, 3.05) is 19.7 Å². The van der Waals surface area contributed by atoms with Crippen LogP contribution in [0.15, 0.2) is 0 Å². The molecule has 13 heavy (non-hydrogen) atoms. The summed E-state index contributed by atoms with van der Waals surface area (Å²) in [5.74, 6) is -0.741. The molecule has 1 rings (SSSR count). The fourth-order valence-electron chi connectivity index (χ4n) is 1.43. The van der Waals surface area contributed by atoms with Gasteiger partial charge in [0.25, 0.3) is 0 Å². The van der Waals surface area contributed by atoms with E-state index in [0.717, 1.165) is 13.0 Å². The fraction of sp³-hybridized carbons (Fsp3) is 0.889. The molecule has 0 atom stereocenters. The Morgan fingerprint density at radius 2 is 2.08 bits per heavy atom. The molecule has 0 bridgehead atoms. The highest BCUT2D eigenvalue weighted by atomic mass is 16.4. The Morgan fingerprint density at radius 3 is 2.54 bits per heavy atom. The predicted octanol–water partition coefficient (Wildman–Crippen LogP) is 0.308. The van der Waals surface area contributed by atoms with Gasteiger partial charge in [0.2, 0.25) is 0 Å². The summed E-state index contributed by atoms with van der Waals surface area (Å²) in [5, 5.41) is 17.2. The summed E-state index contributed by atoms with van der Waals surface area (Å²) in [5.41, 5.74) is 0. The lowest BCUT2D eigenvalue weighted by atomic mass is 10.3. The molecule has 0 heterocycles. The first kappa shape index (κ1) is 10.5. The summed E-state index contributed by atoms with van der Waals surface area (Å²) in [6.45, 7) is 1.64. The van der Waals surface area contributed by atoms with Gasteiger partial charge in [-0.2, -0.15) is 0 Å². The molecule has 2 N–H and O–H groups in total. The molecule has 1 fully saturated rings. The molecule has 1 aliphatic carbocycles. The third-order valence-corrected chi connectivity index (χ3v) is 2.28. The molecule has 76 valence electrons. The molecule has 0 aromatic carbocycles. The third-order valence-electron chi connectivity index (χ3n) is 2.28. The summed E-state index contributed by atoms with van der Waals surface area (Å²) in [4.78, 5) is 12.5. The molecule has 4 heteroatoms. The zero-order valence-corrected chi connectivity index (χ0v) is 7.78. The lowest BCUT2D eigenvalue weighted by Gasteiger charge is -2.20. The Bertz CT molecular complexity index is 168. The van der Waals surface area contributed by atoms with Crippen molar-refractivity contribution in [3.8, 4) is 0 Å². The van der Waals surface area contributed by atoms with Crippen LogP contribution in [0.2, 0.25) is 0 Å². The molecule has 4 nitrogen and oxygen atoms in total. The van der Waals surface area contributed by atoms with Crippen LogP contribution in [0.5, 0.6) is 0 Å². The highest BCUT2D eigenvalue weighted by molar-refractivity contribution is 5.66. The van der Waals surface area contributed by atoms with Crippen LogP contribution < -0.4 is 0 Å². The van der Waals surface area contributed by atoms with Gasteiger partial charge in [-0.3, -0.25) is 9.69 Å². The lowest BCUT2D eigenvalue weighted by Crippen LogP contribution is -2.30. The highest BCUT2D eigenvalue weighted by Crippen LogP contribution is 2.26. The van der Waals surface area contributed by atoms with Crippen LogP contribution >= 0.6 is 0 Å². The van der Waals surface area contributed by atoms with E-state index >= 15 is 0 Å². The second-order valence-electron chi connectivity index (χ2n) is 3.49. The molecule has 0 amide bonds. The summed E-state index contributed by atoms with van der Waals surface area (Å²) in [6, 6.07) is 0.589. The minimum Gasteiger partial charge on any atom is -0.481 e. The van der Waals surface area contributed by atoms with Gasteiger partial charge in [-0.15, -0.1) is 0 Å². The van der Waals surface area contributed by atoms with Gasteiger partial charge in [-0.1, -0.05) is 0 Å². The van der Waals surface area contributed by atoms with Crippen LogP contribution in [0, 0.1) is 0 Å². The van der Waals surface area contributed by atoms with Crippen molar-refractivity contribution < 1.29 is 15.0 Å². The molecular formula is C9H17NO3. The molecule has 0 unspecified atom stereocenters. The van der Waals surface area contributed by atoms with Crippen LogP contribution in [0.4, 0.5) is 0 Å². The Morgan fingerprint density at radius 1 is 1.38 bits per heavy atom. The first-order valence-electron chi connectivity index (χ1n) is 4.80. The van der Waals surface area contributed by atoms with Crippen LogP contribution in [0.3, 0.4) is 0 Å². The van der Waals surface area contributed by atoms with Gasteiger partial charge in [0, 0.05) is 25.7 Å². The molecule has 0 aromatic rings. The normalized spacial score (nSPS) is 16.5. The van der Waals surface area contributed by atoms with Gasteiger partial charge in [-0.25, -0.2) is 0 Å². The van der Waals surface area contributed by atoms with Gasteiger partial charge >= 0.3 is 5.97 Å². The van der Waals surface area contributed by atoms with Gasteiger partial charge in [0.15, 0.2) is 0 Å². The van der Waals surface area contributed by atoms with Gasteiger partial charge in [0.1, 0.15) is 0 Å². The standard InChI is InChI=1S/C9H17NO3/c11-7-1-5-10(8-2-3-8)6-4-9(12)13/h8,11H,1-7H2,(H,12,13). The van der Waals surface area contributed by atoms with E-state index in [4.69, 9.17) is 10.2 Å². The Hall–Kier alpha value is -0.610. The maximum Gasteiger partial charge on any atom is 0.304 e. The van der Waals surface area contributed by atoms with Crippen LogP contribution in [-0.4, -0.2) is 46.8 Å². The van der Waals surface area contributed by atoms with Crippen LogP contribution in [0.25, 0.3) is 0 Å². The molecular weight excluding hydrogens is 170 g/mol. The molecule has 1 aliphatic rings. The SMILES string of the molecule is O=C(O)CCN(CCCO)C1CC1. The van der Waals surface area contributed by atoms with E-state index in [0.29, 0.717) is 12.6 Å². The van der Waals surface area contributed by atoms with Crippen molar-refractivity contribution in [3.05, 3.63) is 0 Å². The fourth-order valence-corrected chi connectivity index (χ4v) is 1.43. The van der Waals surface area contributed by atoms with E-state index in [1.807, 2.05) is 0 Å². The Kier molecular flexibility index (Phi) is 4.18. The number of hydrogen-bond donors (Lipinski definition) is 2. The molecule has 0 saturated heterocycles. The van der Waals surface area contributed by atoms with Gasteiger partial charge < -0.3 is 10.2 Å². The van der Waals surface area contributed by atoms with Crippen molar-refractivity contribution in [2.24, 2.45) is 0 Å². The lowest BCUT2D eigenvalue weighted by molar-refractivity contribution is -0.137. The minimum absolute atomic E-state index is 0.191. The average Bonchev–Trinajstić information content (AvgIpc) is 2.87. The summed E-state index contributed by atoms with van der Waals surface area (Å²) in [6.07, 6.45) is 3.33. The second-order valence-corrected chi connectivity index (χ2v) is 3.49. The van der Waals surface area contributed by atoms with Crippen LogP contribution in [0.1, 0.15) is 25.7 Å². The van der Waals surface area contributed by atoms with E-state index < -0.39 is 5.97 Å². The van der Waals surface area contributed by atoms with Crippen molar-refractivity contribution in [2.45, 2.75) is 31.7 Å². The van der Waals surface area contributed by atoms with E-state index in [1.54, 1.807) is 0 Å². The first-order chi connectivity index (χ1) is 6.24. The van der Waals surface area contributed by atoms with Crippen molar-refractivity contribution in [1.29, 1.82) is 0 Å². The van der Waals surface area contributed by atoms with E-state index in [1.165, 1.54) is 12.8 Å². The number of carboxylic acids is 1. The minimum atomic E-state index is -0.741. The summed E-state index contributed by atoms with van der Waals surface area (Å²) >= 11 is 0. The van der Waals surface area contributed by atoms with E-state index in [2.05, 4.69) is 4.90 Å². The zero-order chi connectivity index (χ0) is 9.68. The maximum atomic E-state index is 10.3. The smallest absolute Gasteiger partial charge is 0.304 e. The Labute approximate surface area is 78.2 Å². The largest absolute Gasteiger partial charge is 0.481 e. The molecule has 0 aromatic heterocycles. The van der Waals surface area contributed by atoms with Crippen molar-refractivity contribution in [3.63, 3.8) is 0 Å². The van der Waals surface area contributed by atoms with Crippen molar-refractivity contribution in [1.82, 2.24) is 4.90 Å². The van der Waals surface area contributed by atoms with Crippen molar-refractivity contribution >= 4 is 5.97 Å². The number of nitrogens with zero attached hydrogens (tertiary/aromatic N) is 1. The molecule has 1 saturated carbocycles. The number of carboxylic acid groups (broad SMARTS) is 1. The summed E-state index contributed by atoms with van der Waals surface area (Å²) in [7, 11) is 0. The number of carbonyl (C=O) groups is 1. The number of hydrogen-bond acceptors (Lipinski definition) is 3.